The van der Waals surface area contributed by atoms with Crippen LogP contribution in [0.3, 0.4) is 0 Å². The van der Waals surface area contributed by atoms with Crippen molar-refractivity contribution >= 4 is 5.97 Å². The van der Waals surface area contributed by atoms with Crippen LogP contribution in [0, 0.1) is 6.92 Å². The lowest BCUT2D eigenvalue weighted by atomic mass is 10.1. The van der Waals surface area contributed by atoms with Gasteiger partial charge in [-0.3, -0.25) is 0 Å². The summed E-state index contributed by atoms with van der Waals surface area (Å²) in [5, 5.41) is 0. The largest absolute Gasteiger partial charge is 0.462 e. The van der Waals surface area contributed by atoms with E-state index in [1.165, 1.54) is 34.6 Å². The van der Waals surface area contributed by atoms with Crippen LogP contribution < -0.4 is 4.90 Å². The fourth-order valence-corrected chi connectivity index (χ4v) is 3.24. The number of nitrogens with zero attached hydrogens (tertiary/aromatic N) is 1. The Balaban J connectivity index is 1.68. The summed E-state index contributed by atoms with van der Waals surface area (Å²) < 4.78 is 7.44. The molecule has 1 aromatic heterocycles. The highest BCUT2D eigenvalue weighted by molar-refractivity contribution is 5.70. The first-order valence-corrected chi connectivity index (χ1v) is 8.85. The van der Waals surface area contributed by atoms with Crippen molar-refractivity contribution in [3.05, 3.63) is 59.4 Å². The molecule has 1 aliphatic rings. The molecule has 1 atom stereocenters. The smallest absolute Gasteiger partial charge is 0.361 e. The van der Waals surface area contributed by atoms with Crippen molar-refractivity contribution in [2.24, 2.45) is 0 Å². The second-order valence-corrected chi connectivity index (χ2v) is 6.71. The Hall–Kier alpha value is -2.07. The van der Waals surface area contributed by atoms with Crippen molar-refractivity contribution in [3.63, 3.8) is 0 Å². The maximum Gasteiger partial charge on any atom is 0.361 e. The molecule has 1 N–H and O–H groups in total. The SMILES string of the molecule is CCOC(=O)C[NH+](Cc1cccn1Cc1cccc(C)c1)C1CC1. The van der Waals surface area contributed by atoms with E-state index >= 15 is 0 Å². The Morgan fingerprint density at radius 1 is 1.29 bits per heavy atom. The molecule has 1 heterocycles. The molecule has 1 saturated carbocycles. The Labute approximate surface area is 144 Å². The highest BCUT2D eigenvalue weighted by Crippen LogP contribution is 2.16. The van der Waals surface area contributed by atoms with Crippen LogP contribution in [-0.4, -0.2) is 29.7 Å². The van der Waals surface area contributed by atoms with Gasteiger partial charge in [0.15, 0.2) is 6.54 Å². The van der Waals surface area contributed by atoms with Crippen molar-refractivity contribution in [1.82, 2.24) is 4.57 Å². The number of aromatic nitrogens is 1. The lowest BCUT2D eigenvalue weighted by molar-refractivity contribution is -0.918. The van der Waals surface area contributed by atoms with Crippen molar-refractivity contribution in [2.75, 3.05) is 13.2 Å². The number of carbonyl (C=O) groups is 1. The van der Waals surface area contributed by atoms with E-state index in [0.29, 0.717) is 19.2 Å². The molecule has 4 heteroatoms. The number of hydrogen-bond donors (Lipinski definition) is 1. The maximum atomic E-state index is 11.9. The summed E-state index contributed by atoms with van der Waals surface area (Å²) in [6, 6.07) is 13.5. The molecule has 0 spiro atoms. The van der Waals surface area contributed by atoms with Gasteiger partial charge in [-0.2, -0.15) is 0 Å². The third-order valence-corrected chi connectivity index (χ3v) is 4.60. The van der Waals surface area contributed by atoms with Crippen LogP contribution in [0.15, 0.2) is 42.6 Å². The lowest BCUT2D eigenvalue weighted by Crippen LogP contribution is -3.13. The predicted octanol–water partition coefficient (Wildman–Crippen LogP) is 1.96. The van der Waals surface area contributed by atoms with Gasteiger partial charge in [0.1, 0.15) is 6.54 Å². The van der Waals surface area contributed by atoms with Gasteiger partial charge >= 0.3 is 5.97 Å². The van der Waals surface area contributed by atoms with Gasteiger partial charge in [0.05, 0.1) is 18.3 Å². The number of rotatable bonds is 8. The Bertz CT molecular complexity index is 688. The molecule has 0 radical (unpaired) electrons. The van der Waals surface area contributed by atoms with Crippen molar-refractivity contribution in [3.8, 4) is 0 Å². The minimum Gasteiger partial charge on any atom is -0.462 e. The molecule has 0 amide bonds. The molecule has 4 nitrogen and oxygen atoms in total. The zero-order valence-corrected chi connectivity index (χ0v) is 14.6. The van der Waals surface area contributed by atoms with Crippen LogP contribution in [0.1, 0.15) is 36.6 Å². The summed E-state index contributed by atoms with van der Waals surface area (Å²) in [7, 11) is 0. The summed E-state index contributed by atoms with van der Waals surface area (Å²) in [6.07, 6.45) is 4.56. The minimum atomic E-state index is -0.0869. The molecule has 0 bridgehead atoms. The van der Waals surface area contributed by atoms with Gasteiger partial charge in [-0.05, 0) is 31.5 Å². The van der Waals surface area contributed by atoms with Gasteiger partial charge in [0, 0.05) is 25.6 Å². The van der Waals surface area contributed by atoms with Crippen LogP contribution in [0.25, 0.3) is 0 Å². The van der Waals surface area contributed by atoms with Crippen LogP contribution >= 0.6 is 0 Å². The second-order valence-electron chi connectivity index (χ2n) is 6.71. The molecular formula is C20H27N2O2+. The summed E-state index contributed by atoms with van der Waals surface area (Å²) >= 11 is 0. The Morgan fingerprint density at radius 3 is 2.83 bits per heavy atom. The van der Waals surface area contributed by atoms with Gasteiger partial charge in [-0.1, -0.05) is 29.8 Å². The molecule has 1 aromatic carbocycles. The summed E-state index contributed by atoms with van der Waals surface area (Å²) in [6.45, 7) is 6.67. The highest BCUT2D eigenvalue weighted by atomic mass is 16.5. The summed E-state index contributed by atoms with van der Waals surface area (Å²) in [5.74, 6) is -0.0869. The monoisotopic (exact) mass is 327 g/mol. The molecule has 128 valence electrons. The molecule has 1 unspecified atom stereocenters. The zero-order chi connectivity index (χ0) is 16.9. The number of quaternary nitrogens is 1. The number of benzene rings is 1. The molecule has 1 aliphatic carbocycles. The number of nitrogens with one attached hydrogen (secondary N) is 1. The minimum absolute atomic E-state index is 0.0869. The second kappa shape index (κ2) is 7.67. The quantitative estimate of drug-likeness (QED) is 0.752. The molecular weight excluding hydrogens is 300 g/mol. The van der Waals surface area contributed by atoms with Crippen LogP contribution in [0.2, 0.25) is 0 Å². The normalized spacial score (nSPS) is 15.2. The number of hydrogen-bond acceptors (Lipinski definition) is 2. The summed E-state index contributed by atoms with van der Waals surface area (Å²) in [4.78, 5) is 13.2. The molecule has 24 heavy (non-hydrogen) atoms. The van der Waals surface area contributed by atoms with Crippen molar-refractivity contribution in [2.45, 2.75) is 45.8 Å². The van der Waals surface area contributed by atoms with Crippen LogP contribution in [0.4, 0.5) is 0 Å². The molecule has 2 aromatic rings. The Kier molecular flexibility index (Phi) is 5.36. The van der Waals surface area contributed by atoms with E-state index in [9.17, 15) is 4.79 Å². The summed E-state index contributed by atoms with van der Waals surface area (Å²) in [5.41, 5.74) is 3.88. The fraction of sp³-hybridized carbons (Fsp3) is 0.450. The number of carbonyl (C=O) groups excluding carboxylic acids is 1. The van der Waals surface area contributed by atoms with Gasteiger partial charge < -0.3 is 14.2 Å². The molecule has 0 saturated heterocycles. The van der Waals surface area contributed by atoms with Crippen LogP contribution in [-0.2, 0) is 22.6 Å². The van der Waals surface area contributed by atoms with E-state index in [1.807, 2.05) is 6.92 Å². The predicted molar refractivity (Wildman–Crippen MR) is 93.9 cm³/mol. The van der Waals surface area contributed by atoms with Crippen molar-refractivity contribution < 1.29 is 14.4 Å². The van der Waals surface area contributed by atoms with E-state index in [1.54, 1.807) is 0 Å². The van der Waals surface area contributed by atoms with Crippen LogP contribution in [0.5, 0.6) is 0 Å². The van der Waals surface area contributed by atoms with Gasteiger partial charge in [0.25, 0.3) is 0 Å². The highest BCUT2D eigenvalue weighted by Gasteiger charge is 2.35. The standard InChI is InChI=1S/C20H26N2O2/c1-3-24-20(23)15-22(18-9-10-18)14-19-8-5-11-21(19)13-17-7-4-6-16(2)12-17/h4-8,11-12,18H,3,9-10,13-15H2,1-2H3/p+1. The average molecular weight is 327 g/mol. The van der Waals surface area contributed by atoms with E-state index in [-0.39, 0.29) is 5.97 Å². The van der Waals surface area contributed by atoms with E-state index in [2.05, 4.69) is 54.1 Å². The first-order valence-electron chi connectivity index (χ1n) is 8.85. The first-order chi connectivity index (χ1) is 11.7. The maximum absolute atomic E-state index is 11.9. The first kappa shape index (κ1) is 16.8. The molecule has 3 rings (SSSR count). The number of ether oxygens (including phenoxy) is 1. The molecule has 1 fully saturated rings. The number of esters is 1. The van der Waals surface area contributed by atoms with Gasteiger partial charge in [0.2, 0.25) is 0 Å². The van der Waals surface area contributed by atoms with E-state index in [4.69, 9.17) is 4.74 Å². The van der Waals surface area contributed by atoms with Gasteiger partial charge in [-0.15, -0.1) is 0 Å². The molecule has 0 aliphatic heterocycles. The van der Waals surface area contributed by atoms with E-state index < -0.39 is 0 Å². The topological polar surface area (TPSA) is 35.7 Å². The van der Waals surface area contributed by atoms with Crippen molar-refractivity contribution in [1.29, 1.82) is 0 Å². The fourth-order valence-electron chi connectivity index (χ4n) is 3.24. The van der Waals surface area contributed by atoms with Gasteiger partial charge in [-0.25, -0.2) is 4.79 Å². The third-order valence-electron chi connectivity index (χ3n) is 4.60. The number of aryl methyl sites for hydroxylation is 1. The zero-order valence-electron chi connectivity index (χ0n) is 14.6. The van der Waals surface area contributed by atoms with E-state index in [0.717, 1.165) is 13.1 Å². The lowest BCUT2D eigenvalue weighted by Gasteiger charge is -2.19. The Morgan fingerprint density at radius 2 is 2.12 bits per heavy atom. The third kappa shape index (κ3) is 4.48. The average Bonchev–Trinajstić information content (AvgIpc) is 3.30.